The summed E-state index contributed by atoms with van der Waals surface area (Å²) < 4.78 is 0. The fraction of sp³-hybridized carbons (Fsp3) is 0.167. The van der Waals surface area contributed by atoms with Crippen molar-refractivity contribution in [2.24, 2.45) is 0 Å². The Morgan fingerprint density at radius 3 is 1.93 bits per heavy atom. The molecule has 3 heteroatoms. The van der Waals surface area contributed by atoms with Crippen LogP contribution in [0.1, 0.15) is 23.2 Å². The Kier molecular flexibility index (Phi) is 1.22. The lowest BCUT2D eigenvalue weighted by molar-refractivity contribution is 0.965. The molecule has 1 saturated heterocycles. The maximum Gasteiger partial charge on any atom is 0.0938 e. The van der Waals surface area contributed by atoms with E-state index in [0.29, 0.717) is 12.1 Å². The Balaban J connectivity index is 2.09. The fourth-order valence-corrected chi connectivity index (χ4v) is 2.41. The molecule has 2 atom stereocenters. The molecule has 2 aliphatic rings. The molecule has 1 N–H and O–H groups in total. The van der Waals surface area contributed by atoms with Crippen LogP contribution in [0.3, 0.4) is 0 Å². The Morgan fingerprint density at radius 1 is 0.867 bits per heavy atom. The maximum atomic E-state index is 4.44. The van der Waals surface area contributed by atoms with Crippen LogP contribution in [0.25, 0.3) is 11.4 Å². The smallest absolute Gasteiger partial charge is 0.0938 e. The zero-order chi connectivity index (χ0) is 9.83. The van der Waals surface area contributed by atoms with Gasteiger partial charge in [0, 0.05) is 12.4 Å². The highest BCUT2D eigenvalue weighted by atomic mass is 15.2. The highest BCUT2D eigenvalue weighted by Gasteiger charge is 2.45. The van der Waals surface area contributed by atoms with Gasteiger partial charge in [0.2, 0.25) is 0 Å². The summed E-state index contributed by atoms with van der Waals surface area (Å²) in [7, 11) is 0. The number of rotatable bonds is 0. The molecule has 1 fully saturated rings. The molecular weight excluding hydrogens is 186 g/mol. The van der Waals surface area contributed by atoms with Crippen LogP contribution in [-0.4, -0.2) is 9.97 Å². The van der Waals surface area contributed by atoms with Crippen molar-refractivity contribution in [3.63, 3.8) is 0 Å². The van der Waals surface area contributed by atoms with E-state index in [1.54, 1.807) is 0 Å². The Hall–Kier alpha value is -1.74. The summed E-state index contributed by atoms with van der Waals surface area (Å²) in [6, 6.07) is 9.18. The van der Waals surface area contributed by atoms with E-state index in [0.717, 1.165) is 11.4 Å². The summed E-state index contributed by atoms with van der Waals surface area (Å²) >= 11 is 0. The second-order valence-electron chi connectivity index (χ2n) is 4.00. The lowest BCUT2D eigenvalue weighted by atomic mass is 9.93. The Morgan fingerprint density at radius 2 is 1.40 bits per heavy atom. The SMILES string of the molecule is c1cnc2c(c1)C1NC1c1cccnc1-2. The molecule has 1 aliphatic carbocycles. The third-order valence-corrected chi connectivity index (χ3v) is 3.16. The van der Waals surface area contributed by atoms with Gasteiger partial charge in [0.25, 0.3) is 0 Å². The van der Waals surface area contributed by atoms with Crippen molar-refractivity contribution in [1.82, 2.24) is 15.3 Å². The predicted octanol–water partition coefficient (Wildman–Crippen LogP) is 1.84. The minimum absolute atomic E-state index is 0.463. The second-order valence-corrected chi connectivity index (χ2v) is 4.00. The maximum absolute atomic E-state index is 4.44. The van der Waals surface area contributed by atoms with E-state index in [9.17, 15) is 0 Å². The normalized spacial score (nSPS) is 25.1. The summed E-state index contributed by atoms with van der Waals surface area (Å²) in [5.74, 6) is 0. The topological polar surface area (TPSA) is 47.7 Å². The van der Waals surface area contributed by atoms with Crippen molar-refractivity contribution in [2.45, 2.75) is 12.1 Å². The Bertz CT molecular complexity index is 501. The van der Waals surface area contributed by atoms with Crippen molar-refractivity contribution < 1.29 is 0 Å². The van der Waals surface area contributed by atoms with Gasteiger partial charge >= 0.3 is 0 Å². The van der Waals surface area contributed by atoms with E-state index >= 15 is 0 Å². The number of nitrogens with one attached hydrogen (secondary N) is 1. The third kappa shape index (κ3) is 0.882. The van der Waals surface area contributed by atoms with E-state index < -0.39 is 0 Å². The number of pyridine rings is 2. The van der Waals surface area contributed by atoms with Crippen LogP contribution in [0.5, 0.6) is 0 Å². The average Bonchev–Trinajstić information content (AvgIpc) is 3.10. The first kappa shape index (κ1) is 7.54. The third-order valence-electron chi connectivity index (χ3n) is 3.16. The van der Waals surface area contributed by atoms with Gasteiger partial charge in [-0.05, 0) is 23.3 Å². The molecule has 72 valence electrons. The first-order chi connectivity index (χ1) is 7.45. The molecule has 1 aliphatic heterocycles. The summed E-state index contributed by atoms with van der Waals surface area (Å²) in [5, 5.41) is 3.46. The van der Waals surface area contributed by atoms with Gasteiger partial charge in [0.15, 0.2) is 0 Å². The highest BCUT2D eigenvalue weighted by Crippen LogP contribution is 2.51. The van der Waals surface area contributed by atoms with Crippen LogP contribution >= 0.6 is 0 Å². The van der Waals surface area contributed by atoms with Crippen LogP contribution in [0, 0.1) is 0 Å². The van der Waals surface area contributed by atoms with E-state index in [1.165, 1.54) is 11.1 Å². The number of hydrogen-bond acceptors (Lipinski definition) is 3. The average molecular weight is 195 g/mol. The van der Waals surface area contributed by atoms with Crippen molar-refractivity contribution in [3.8, 4) is 11.4 Å². The van der Waals surface area contributed by atoms with Gasteiger partial charge in [-0.1, -0.05) is 12.1 Å². The van der Waals surface area contributed by atoms with Gasteiger partial charge in [0.1, 0.15) is 0 Å². The lowest BCUT2D eigenvalue weighted by Gasteiger charge is -2.14. The van der Waals surface area contributed by atoms with Crippen molar-refractivity contribution in [1.29, 1.82) is 0 Å². The monoisotopic (exact) mass is 195 g/mol. The number of aromatic nitrogens is 2. The summed E-state index contributed by atoms with van der Waals surface area (Å²) in [6.45, 7) is 0. The minimum Gasteiger partial charge on any atom is -0.300 e. The minimum atomic E-state index is 0.463. The molecule has 0 amide bonds. The van der Waals surface area contributed by atoms with Gasteiger partial charge in [-0.2, -0.15) is 0 Å². The number of nitrogens with zero attached hydrogens (tertiary/aromatic N) is 2. The molecule has 15 heavy (non-hydrogen) atoms. The molecule has 2 aromatic heterocycles. The first-order valence-electron chi connectivity index (χ1n) is 5.11. The molecule has 3 heterocycles. The Labute approximate surface area is 87.2 Å². The van der Waals surface area contributed by atoms with Gasteiger partial charge < -0.3 is 0 Å². The van der Waals surface area contributed by atoms with Crippen LogP contribution in [0.4, 0.5) is 0 Å². The van der Waals surface area contributed by atoms with E-state index in [2.05, 4.69) is 27.4 Å². The van der Waals surface area contributed by atoms with Gasteiger partial charge in [0.05, 0.1) is 23.5 Å². The second kappa shape index (κ2) is 2.44. The van der Waals surface area contributed by atoms with Gasteiger partial charge in [-0.3, -0.25) is 15.3 Å². The largest absolute Gasteiger partial charge is 0.300 e. The van der Waals surface area contributed by atoms with Crippen LogP contribution in [0.15, 0.2) is 36.7 Å². The van der Waals surface area contributed by atoms with E-state index in [-0.39, 0.29) is 0 Å². The van der Waals surface area contributed by atoms with Crippen LogP contribution < -0.4 is 5.32 Å². The lowest BCUT2D eigenvalue weighted by Crippen LogP contribution is -2.02. The zero-order valence-electron chi connectivity index (χ0n) is 8.01. The van der Waals surface area contributed by atoms with Crippen molar-refractivity contribution >= 4 is 0 Å². The molecule has 0 bridgehead atoms. The standard InChI is InChI=1S/C12H9N3/c1-3-7-9(13-5-1)10-8(4-2-6-14-10)12-11(7)15-12/h1-6,11-12,15H. The number of fused-ring (bicyclic) bond motifs is 6. The quantitative estimate of drug-likeness (QED) is 0.652. The molecule has 2 aromatic rings. The first-order valence-corrected chi connectivity index (χ1v) is 5.11. The molecule has 3 nitrogen and oxygen atoms in total. The molecule has 2 unspecified atom stereocenters. The van der Waals surface area contributed by atoms with Crippen LogP contribution in [-0.2, 0) is 0 Å². The molecule has 0 saturated carbocycles. The van der Waals surface area contributed by atoms with E-state index in [4.69, 9.17) is 0 Å². The number of hydrogen-bond donors (Lipinski definition) is 1. The van der Waals surface area contributed by atoms with Gasteiger partial charge in [-0.15, -0.1) is 0 Å². The highest BCUT2D eigenvalue weighted by molar-refractivity contribution is 5.70. The van der Waals surface area contributed by atoms with Gasteiger partial charge in [-0.25, -0.2) is 0 Å². The predicted molar refractivity (Wildman–Crippen MR) is 56.1 cm³/mol. The molecule has 0 spiro atoms. The zero-order valence-corrected chi connectivity index (χ0v) is 8.01. The van der Waals surface area contributed by atoms with Crippen molar-refractivity contribution in [2.75, 3.05) is 0 Å². The molecule has 0 radical (unpaired) electrons. The molecular formula is C12H9N3. The molecule has 0 aromatic carbocycles. The summed E-state index contributed by atoms with van der Waals surface area (Å²) in [5.41, 5.74) is 4.65. The summed E-state index contributed by atoms with van der Waals surface area (Å²) in [4.78, 5) is 8.87. The summed E-state index contributed by atoms with van der Waals surface area (Å²) in [6.07, 6.45) is 3.67. The molecule has 4 rings (SSSR count). The van der Waals surface area contributed by atoms with E-state index in [1.807, 2.05) is 24.5 Å². The fourth-order valence-electron chi connectivity index (χ4n) is 2.41. The van der Waals surface area contributed by atoms with Crippen LogP contribution in [0.2, 0.25) is 0 Å². The van der Waals surface area contributed by atoms with Crippen molar-refractivity contribution in [3.05, 3.63) is 47.8 Å².